The Morgan fingerprint density at radius 1 is 1.32 bits per heavy atom. The lowest BCUT2D eigenvalue weighted by Crippen LogP contribution is -2.58. The zero-order chi connectivity index (χ0) is 26.4. The summed E-state index contributed by atoms with van der Waals surface area (Å²) in [7, 11) is -3.82. The number of fused-ring (bicyclic) bond motifs is 1. The van der Waals surface area contributed by atoms with E-state index in [-0.39, 0.29) is 11.3 Å². The van der Waals surface area contributed by atoms with E-state index in [0.29, 0.717) is 27.2 Å². The van der Waals surface area contributed by atoms with Crippen molar-refractivity contribution in [2.24, 2.45) is 5.73 Å². The van der Waals surface area contributed by atoms with E-state index in [2.05, 4.69) is 5.10 Å². The number of ether oxygens (including phenoxy) is 1. The highest BCUT2D eigenvalue weighted by Crippen LogP contribution is 2.42. The molecule has 0 amide bonds. The van der Waals surface area contributed by atoms with Crippen LogP contribution >= 0.6 is 0 Å². The second-order valence-electron chi connectivity index (χ2n) is 7.14. The molecule has 2 N–H and O–H groups in total. The van der Waals surface area contributed by atoms with E-state index in [1.807, 2.05) is 0 Å². The topological polar surface area (TPSA) is 90.5 Å². The van der Waals surface area contributed by atoms with Crippen LogP contribution in [-0.2, 0) is 27.8 Å². The quantitative estimate of drug-likeness (QED) is 0.691. The SMILES string of the molecule is [2H]C1([2H])[C@H](N)[C@@H](c2cc(F)ccc2F)OC([2H])(C(F)(F)F)C1([2H])N1Cc2cn(S(C)(=O)=O)nc2C1. The van der Waals surface area contributed by atoms with Gasteiger partial charge in [-0.05, 0) is 24.6 Å². The lowest BCUT2D eigenvalue weighted by molar-refractivity contribution is -0.269. The van der Waals surface area contributed by atoms with E-state index in [9.17, 15) is 30.4 Å². The van der Waals surface area contributed by atoms with Crippen molar-refractivity contribution in [3.8, 4) is 0 Å². The van der Waals surface area contributed by atoms with Crippen molar-refractivity contribution in [3.63, 3.8) is 0 Å². The van der Waals surface area contributed by atoms with Crippen LogP contribution in [0.1, 0.15) is 34.8 Å². The van der Waals surface area contributed by atoms with Crippen LogP contribution in [0.5, 0.6) is 0 Å². The zero-order valence-electron chi connectivity index (χ0n) is 19.8. The molecule has 1 fully saturated rings. The maximum Gasteiger partial charge on any atom is 0.416 e. The first-order chi connectivity index (χ1) is 15.8. The molecule has 13 heteroatoms. The van der Waals surface area contributed by atoms with E-state index in [1.165, 1.54) is 0 Å². The van der Waals surface area contributed by atoms with Gasteiger partial charge in [-0.3, -0.25) is 4.90 Å². The first-order valence-corrected chi connectivity index (χ1v) is 10.7. The van der Waals surface area contributed by atoms with Crippen molar-refractivity contribution < 1.29 is 40.6 Å². The molecule has 0 spiro atoms. The molecular weight excluding hydrogens is 447 g/mol. The average molecular weight is 470 g/mol. The zero-order valence-corrected chi connectivity index (χ0v) is 16.6. The molecule has 1 aromatic heterocycles. The molecule has 7 nitrogen and oxygen atoms in total. The minimum absolute atomic E-state index is 0.0470. The predicted octanol–water partition coefficient (Wildman–Crippen LogP) is 2.07. The Kier molecular flexibility index (Phi) is 4.23. The number of halogens is 5. The van der Waals surface area contributed by atoms with Crippen molar-refractivity contribution >= 4 is 10.0 Å². The highest BCUT2D eigenvalue weighted by Gasteiger charge is 2.54. The fourth-order valence-electron chi connectivity index (χ4n) is 3.44. The van der Waals surface area contributed by atoms with Gasteiger partial charge in [0.25, 0.3) is 10.0 Å². The normalized spacial score (nSPS) is 35.7. The van der Waals surface area contributed by atoms with Gasteiger partial charge in [0.1, 0.15) is 17.7 Å². The third-order valence-corrected chi connectivity index (χ3v) is 5.69. The molecule has 2 aromatic rings. The van der Waals surface area contributed by atoms with Crippen molar-refractivity contribution in [1.29, 1.82) is 0 Å². The van der Waals surface area contributed by atoms with Crippen LogP contribution < -0.4 is 5.73 Å². The molecule has 1 aromatic carbocycles. The number of benzene rings is 1. The van der Waals surface area contributed by atoms with E-state index in [4.69, 9.17) is 16.0 Å². The van der Waals surface area contributed by atoms with Gasteiger partial charge in [-0.1, -0.05) is 0 Å². The van der Waals surface area contributed by atoms with Crippen LogP contribution in [0.15, 0.2) is 24.4 Å². The van der Waals surface area contributed by atoms with Gasteiger partial charge in [-0.2, -0.15) is 22.4 Å². The average Bonchev–Trinajstić information content (AvgIpc) is 3.30. The lowest BCUT2D eigenvalue weighted by Gasteiger charge is -2.44. The van der Waals surface area contributed by atoms with Gasteiger partial charge in [0.05, 0.1) is 13.3 Å². The highest BCUT2D eigenvalue weighted by atomic mass is 32.2. The number of rotatable bonds is 3. The Morgan fingerprint density at radius 2 is 2.03 bits per heavy atom. The van der Waals surface area contributed by atoms with Gasteiger partial charge in [-0.25, -0.2) is 17.2 Å². The van der Waals surface area contributed by atoms with Crippen molar-refractivity contribution in [3.05, 3.63) is 52.9 Å². The molecule has 2 aliphatic rings. The first kappa shape index (κ1) is 17.5. The molecule has 170 valence electrons. The fraction of sp³-hybridized carbons (Fsp3) is 0.500. The third kappa shape index (κ3) is 4.19. The number of hydrogen-bond acceptors (Lipinski definition) is 6. The van der Waals surface area contributed by atoms with Crippen LogP contribution in [0, 0.1) is 11.6 Å². The smallest absolute Gasteiger partial charge is 0.357 e. The molecule has 2 unspecified atom stereocenters. The van der Waals surface area contributed by atoms with Gasteiger partial charge >= 0.3 is 6.18 Å². The summed E-state index contributed by atoms with van der Waals surface area (Å²) in [4.78, 5) is 0.621. The van der Waals surface area contributed by atoms with Crippen LogP contribution in [-0.4, -0.2) is 53.1 Å². The molecule has 1 saturated heterocycles. The van der Waals surface area contributed by atoms with Gasteiger partial charge in [0, 0.05) is 46.6 Å². The van der Waals surface area contributed by atoms with E-state index in [1.54, 1.807) is 0 Å². The van der Waals surface area contributed by atoms with Crippen molar-refractivity contribution in [2.45, 2.75) is 49.9 Å². The van der Waals surface area contributed by atoms with Crippen LogP contribution in [0.25, 0.3) is 0 Å². The Balaban J connectivity index is 1.83. The molecular formula is C18H19F5N4O3S. The van der Waals surface area contributed by atoms with Crippen LogP contribution in [0.4, 0.5) is 22.0 Å². The standard InChI is InChI=1S/C18H19F5N4O3S/c1-31(28,29)27-7-9-6-26(8-14(9)25-27)15-5-13(24)16(30-17(15)18(21,22)23)11-4-10(19)2-3-12(11)20/h2-4,7,13,15-17H,5-6,8,24H2,1H3/t13-,15?,16+,17?/m0/s1/i5D2,15D,17D. The van der Waals surface area contributed by atoms with E-state index in [0.717, 1.165) is 12.5 Å². The highest BCUT2D eigenvalue weighted by molar-refractivity contribution is 7.89. The molecule has 31 heavy (non-hydrogen) atoms. The van der Waals surface area contributed by atoms with E-state index >= 15 is 0 Å². The summed E-state index contributed by atoms with van der Waals surface area (Å²) in [5.41, 5.74) is 5.10. The summed E-state index contributed by atoms with van der Waals surface area (Å²) in [5, 5.41) is 3.77. The molecule has 3 heterocycles. The number of hydrogen-bond donors (Lipinski definition) is 1. The Bertz CT molecular complexity index is 1270. The molecule has 2 aliphatic heterocycles. The van der Waals surface area contributed by atoms with E-state index < -0.39 is 77.1 Å². The summed E-state index contributed by atoms with van der Waals surface area (Å²) >= 11 is 0. The maximum atomic E-state index is 14.4. The first-order valence-electron chi connectivity index (χ1n) is 10.8. The molecule has 4 atom stereocenters. The Hall–Kier alpha value is -2.09. The second kappa shape index (κ2) is 7.50. The number of nitrogens with zero attached hydrogens (tertiary/aromatic N) is 3. The molecule has 0 radical (unpaired) electrons. The second-order valence-corrected chi connectivity index (χ2v) is 8.98. The third-order valence-electron chi connectivity index (χ3n) is 4.83. The summed E-state index contributed by atoms with van der Waals surface area (Å²) in [6.45, 7) is -1.22. The van der Waals surface area contributed by atoms with Gasteiger partial charge < -0.3 is 10.5 Å². The molecule has 0 saturated carbocycles. The Labute approximate surface area is 180 Å². The van der Waals surface area contributed by atoms with Gasteiger partial charge in [0.15, 0.2) is 6.08 Å². The monoisotopic (exact) mass is 470 g/mol. The fourth-order valence-corrected chi connectivity index (χ4v) is 4.00. The summed E-state index contributed by atoms with van der Waals surface area (Å²) in [6.07, 6.45) is -13.8. The van der Waals surface area contributed by atoms with Crippen LogP contribution in [0.3, 0.4) is 0 Å². The minimum atomic E-state index is -5.70. The number of nitrogens with two attached hydrogens (primary N) is 1. The predicted molar refractivity (Wildman–Crippen MR) is 98.1 cm³/mol. The largest absolute Gasteiger partial charge is 0.416 e. The summed E-state index contributed by atoms with van der Waals surface area (Å²) < 4.78 is 134. The van der Waals surface area contributed by atoms with Crippen molar-refractivity contribution in [1.82, 2.24) is 14.1 Å². The molecule has 4 rings (SSSR count). The summed E-state index contributed by atoms with van der Waals surface area (Å²) in [6, 6.07) is -3.94. The van der Waals surface area contributed by atoms with Crippen LogP contribution in [0.2, 0.25) is 0 Å². The summed E-state index contributed by atoms with van der Waals surface area (Å²) in [5.74, 6) is -2.29. The number of alkyl halides is 3. The minimum Gasteiger partial charge on any atom is -0.357 e. The molecule has 0 bridgehead atoms. The van der Waals surface area contributed by atoms with Crippen molar-refractivity contribution in [2.75, 3.05) is 6.26 Å². The number of aromatic nitrogens is 2. The molecule has 0 aliphatic carbocycles. The Morgan fingerprint density at radius 3 is 2.65 bits per heavy atom. The lowest BCUT2D eigenvalue weighted by atomic mass is 9.89. The van der Waals surface area contributed by atoms with Gasteiger partial charge in [-0.15, -0.1) is 0 Å². The van der Waals surface area contributed by atoms with Gasteiger partial charge in [0.2, 0.25) is 0 Å². The maximum absolute atomic E-state index is 14.4.